The second-order valence-electron chi connectivity index (χ2n) is 9.25. The lowest BCUT2D eigenvalue weighted by Gasteiger charge is -2.15. The number of ether oxygens (including phenoxy) is 3. The Morgan fingerprint density at radius 2 is 1.66 bits per heavy atom. The quantitative estimate of drug-likeness (QED) is 0.225. The van der Waals surface area contributed by atoms with Crippen molar-refractivity contribution in [1.29, 1.82) is 0 Å². The monoisotopic (exact) mass is 483 g/mol. The molecular formula is C30H45NO4. The summed E-state index contributed by atoms with van der Waals surface area (Å²) in [6.07, 6.45) is 9.54. The normalized spacial score (nSPS) is 11.7. The van der Waals surface area contributed by atoms with E-state index in [1.165, 1.54) is 12.0 Å². The fourth-order valence-electron chi connectivity index (χ4n) is 3.89. The average molecular weight is 484 g/mol. The lowest BCUT2D eigenvalue weighted by atomic mass is 10.00. The molecule has 35 heavy (non-hydrogen) atoms. The van der Waals surface area contributed by atoms with E-state index in [-0.39, 0.29) is 11.8 Å². The summed E-state index contributed by atoms with van der Waals surface area (Å²) < 4.78 is 17.3. The number of methoxy groups -OCH3 is 1. The standard InChI is InChI=1S/C30H45NO4/c1-4-5-20-31-30(32)25(2)14-9-6-7-10-15-26-18-19-28(29(23-26)34-22-13-21-33-3)35-24-27-16-11-8-12-17-27/h8,11-12,16-19,23,25H,4-7,9-10,13-15,20-22,24H2,1-3H3,(H,31,32)/t25-/m1/s1. The van der Waals surface area contributed by atoms with E-state index in [1.54, 1.807) is 7.11 Å². The molecule has 0 aliphatic heterocycles. The number of carbonyl (C=O) groups excluding carboxylic acids is 1. The molecule has 0 saturated carbocycles. The summed E-state index contributed by atoms with van der Waals surface area (Å²) in [6.45, 7) is 6.77. The van der Waals surface area contributed by atoms with Gasteiger partial charge in [0.1, 0.15) is 6.61 Å². The molecule has 0 spiro atoms. The lowest BCUT2D eigenvalue weighted by Crippen LogP contribution is -2.29. The minimum absolute atomic E-state index is 0.105. The highest BCUT2D eigenvalue weighted by molar-refractivity contribution is 5.78. The molecule has 2 aromatic rings. The summed E-state index contributed by atoms with van der Waals surface area (Å²) in [7, 11) is 1.71. The van der Waals surface area contributed by atoms with Crippen LogP contribution in [0.4, 0.5) is 0 Å². The van der Waals surface area contributed by atoms with Gasteiger partial charge in [0, 0.05) is 32.6 Å². The number of aryl methyl sites for hydroxylation is 1. The van der Waals surface area contributed by atoms with Crippen LogP contribution in [0.2, 0.25) is 0 Å². The maximum absolute atomic E-state index is 12.1. The number of rotatable bonds is 19. The molecule has 194 valence electrons. The van der Waals surface area contributed by atoms with Crippen LogP contribution in [0.15, 0.2) is 48.5 Å². The van der Waals surface area contributed by atoms with Crippen molar-refractivity contribution in [2.45, 2.75) is 78.2 Å². The second kappa shape index (κ2) is 17.8. The molecule has 0 saturated heterocycles. The van der Waals surface area contributed by atoms with E-state index in [2.05, 4.69) is 36.5 Å². The molecule has 2 rings (SSSR count). The minimum atomic E-state index is 0.105. The topological polar surface area (TPSA) is 56.8 Å². The second-order valence-corrected chi connectivity index (χ2v) is 9.25. The SMILES string of the molecule is CCCCNC(=O)[C@H](C)CCCCCCc1ccc(OCc2ccccc2)c(OCCCOC)c1. The Bertz CT molecular complexity index is 824. The molecule has 2 aromatic carbocycles. The molecule has 5 nitrogen and oxygen atoms in total. The fraction of sp³-hybridized carbons (Fsp3) is 0.567. The van der Waals surface area contributed by atoms with Crippen LogP contribution in [0.5, 0.6) is 11.5 Å². The number of hydrogen-bond acceptors (Lipinski definition) is 4. The Morgan fingerprint density at radius 3 is 2.43 bits per heavy atom. The van der Waals surface area contributed by atoms with Gasteiger partial charge in [-0.3, -0.25) is 4.79 Å². The summed E-state index contributed by atoms with van der Waals surface area (Å²) in [6, 6.07) is 16.5. The third-order valence-corrected chi connectivity index (χ3v) is 6.13. The largest absolute Gasteiger partial charge is 0.490 e. The van der Waals surface area contributed by atoms with Crippen molar-refractivity contribution < 1.29 is 19.0 Å². The van der Waals surface area contributed by atoms with Crippen molar-refractivity contribution in [2.24, 2.45) is 5.92 Å². The number of benzene rings is 2. The summed E-state index contributed by atoms with van der Waals surface area (Å²) in [5.74, 6) is 1.89. The van der Waals surface area contributed by atoms with E-state index in [4.69, 9.17) is 14.2 Å². The summed E-state index contributed by atoms with van der Waals surface area (Å²) in [4.78, 5) is 12.1. The number of unbranched alkanes of at least 4 members (excludes halogenated alkanes) is 4. The van der Waals surface area contributed by atoms with Gasteiger partial charge in [-0.2, -0.15) is 0 Å². The Kier molecular flexibility index (Phi) is 14.6. The lowest BCUT2D eigenvalue weighted by molar-refractivity contribution is -0.124. The molecule has 0 fully saturated rings. The van der Waals surface area contributed by atoms with Gasteiger partial charge in [0.15, 0.2) is 11.5 Å². The number of nitrogens with one attached hydrogen (secondary N) is 1. The third-order valence-electron chi connectivity index (χ3n) is 6.13. The number of carbonyl (C=O) groups is 1. The number of hydrogen-bond donors (Lipinski definition) is 1. The Balaban J connectivity index is 1.77. The van der Waals surface area contributed by atoms with Gasteiger partial charge in [-0.25, -0.2) is 0 Å². The Labute approximate surface area is 212 Å². The first-order chi connectivity index (χ1) is 17.1. The number of amides is 1. The van der Waals surface area contributed by atoms with Gasteiger partial charge in [-0.1, -0.05) is 75.9 Å². The van der Waals surface area contributed by atoms with Crippen LogP contribution in [0, 0.1) is 5.92 Å². The zero-order valence-corrected chi connectivity index (χ0v) is 22.0. The van der Waals surface area contributed by atoms with E-state index in [1.807, 2.05) is 31.2 Å². The molecule has 1 atom stereocenters. The molecule has 5 heteroatoms. The Hall–Kier alpha value is -2.53. The van der Waals surface area contributed by atoms with Crippen LogP contribution in [0.3, 0.4) is 0 Å². The smallest absolute Gasteiger partial charge is 0.222 e. The summed E-state index contributed by atoms with van der Waals surface area (Å²) in [5.41, 5.74) is 2.40. The van der Waals surface area contributed by atoms with Crippen LogP contribution < -0.4 is 14.8 Å². The average Bonchev–Trinajstić information content (AvgIpc) is 2.88. The first-order valence-corrected chi connectivity index (χ1v) is 13.3. The molecule has 1 N–H and O–H groups in total. The minimum Gasteiger partial charge on any atom is -0.490 e. The van der Waals surface area contributed by atoms with E-state index < -0.39 is 0 Å². The van der Waals surface area contributed by atoms with E-state index in [9.17, 15) is 4.79 Å². The molecule has 0 aliphatic carbocycles. The first kappa shape index (κ1) is 28.7. The van der Waals surface area contributed by atoms with Crippen molar-refractivity contribution in [2.75, 3.05) is 26.9 Å². The molecule has 0 bridgehead atoms. The highest BCUT2D eigenvalue weighted by Crippen LogP contribution is 2.30. The maximum atomic E-state index is 12.1. The van der Waals surface area contributed by atoms with Crippen LogP contribution in [-0.4, -0.2) is 32.8 Å². The van der Waals surface area contributed by atoms with Gasteiger partial charge >= 0.3 is 0 Å². The van der Waals surface area contributed by atoms with Crippen LogP contribution >= 0.6 is 0 Å². The predicted molar refractivity (Wildman–Crippen MR) is 143 cm³/mol. The first-order valence-electron chi connectivity index (χ1n) is 13.3. The van der Waals surface area contributed by atoms with E-state index >= 15 is 0 Å². The van der Waals surface area contributed by atoms with Crippen molar-refractivity contribution >= 4 is 5.91 Å². The van der Waals surface area contributed by atoms with Gasteiger partial charge < -0.3 is 19.5 Å². The van der Waals surface area contributed by atoms with Crippen LogP contribution in [-0.2, 0) is 22.6 Å². The molecule has 0 radical (unpaired) electrons. The predicted octanol–water partition coefficient (Wildman–Crippen LogP) is 6.73. The van der Waals surface area contributed by atoms with Gasteiger partial charge in [0.25, 0.3) is 0 Å². The van der Waals surface area contributed by atoms with Crippen LogP contribution in [0.1, 0.15) is 76.3 Å². The molecule has 0 aromatic heterocycles. The van der Waals surface area contributed by atoms with Gasteiger partial charge in [-0.05, 0) is 48.9 Å². The summed E-state index contributed by atoms with van der Waals surface area (Å²) in [5, 5.41) is 3.04. The van der Waals surface area contributed by atoms with Crippen molar-refractivity contribution in [3.8, 4) is 11.5 Å². The molecule has 1 amide bonds. The molecular weight excluding hydrogens is 438 g/mol. The Morgan fingerprint density at radius 1 is 0.857 bits per heavy atom. The highest BCUT2D eigenvalue weighted by atomic mass is 16.5. The van der Waals surface area contributed by atoms with Crippen LogP contribution in [0.25, 0.3) is 0 Å². The highest BCUT2D eigenvalue weighted by Gasteiger charge is 2.12. The van der Waals surface area contributed by atoms with Gasteiger partial charge in [-0.15, -0.1) is 0 Å². The zero-order valence-electron chi connectivity index (χ0n) is 22.0. The van der Waals surface area contributed by atoms with Crippen molar-refractivity contribution in [1.82, 2.24) is 5.32 Å². The van der Waals surface area contributed by atoms with E-state index in [0.717, 1.165) is 75.0 Å². The third kappa shape index (κ3) is 12.1. The van der Waals surface area contributed by atoms with E-state index in [0.29, 0.717) is 19.8 Å². The van der Waals surface area contributed by atoms with Gasteiger partial charge in [0.05, 0.1) is 6.61 Å². The van der Waals surface area contributed by atoms with Crippen molar-refractivity contribution in [3.05, 3.63) is 59.7 Å². The zero-order chi connectivity index (χ0) is 25.1. The molecule has 0 unspecified atom stereocenters. The fourth-order valence-corrected chi connectivity index (χ4v) is 3.89. The molecule has 0 aliphatic rings. The maximum Gasteiger partial charge on any atom is 0.222 e. The summed E-state index contributed by atoms with van der Waals surface area (Å²) >= 11 is 0. The van der Waals surface area contributed by atoms with Gasteiger partial charge in [0.2, 0.25) is 5.91 Å². The van der Waals surface area contributed by atoms with Crippen molar-refractivity contribution in [3.63, 3.8) is 0 Å². The molecule has 0 heterocycles.